The van der Waals surface area contributed by atoms with Gasteiger partial charge < -0.3 is 19.3 Å². The number of aryl methyl sites for hydroxylation is 1. The van der Waals surface area contributed by atoms with Gasteiger partial charge in [0.2, 0.25) is 5.91 Å². The summed E-state index contributed by atoms with van der Waals surface area (Å²) in [6.45, 7) is 6.92. The molecule has 1 aromatic heterocycles. The van der Waals surface area contributed by atoms with Crippen LogP contribution in [0.5, 0.6) is 5.75 Å². The van der Waals surface area contributed by atoms with Gasteiger partial charge in [-0.1, -0.05) is 44.9 Å². The van der Waals surface area contributed by atoms with E-state index < -0.39 is 5.97 Å². The molecule has 0 aliphatic rings. The van der Waals surface area contributed by atoms with Gasteiger partial charge in [-0.05, 0) is 30.9 Å². The van der Waals surface area contributed by atoms with Crippen molar-refractivity contribution in [3.63, 3.8) is 0 Å². The molecule has 0 fully saturated rings. The number of halogens is 1. The number of thiol groups is 1. The van der Waals surface area contributed by atoms with Gasteiger partial charge in [-0.25, -0.2) is 9.78 Å². The maximum atomic E-state index is 12.8. The Hall–Kier alpha value is -2.19. The maximum Gasteiger partial charge on any atom is 0.335 e. The number of carbonyl (C=O) groups excluding carboxylic acids is 1. The Morgan fingerprint density at radius 1 is 1.33 bits per heavy atom. The van der Waals surface area contributed by atoms with E-state index >= 15 is 0 Å². The number of aromatic nitrogens is 2. The molecule has 0 aliphatic heterocycles. The number of amides is 1. The van der Waals surface area contributed by atoms with Crippen LogP contribution in [0, 0.1) is 5.92 Å². The predicted molar refractivity (Wildman–Crippen MR) is 134 cm³/mol. The molecule has 1 amide bonds. The van der Waals surface area contributed by atoms with Gasteiger partial charge in [0.25, 0.3) is 0 Å². The summed E-state index contributed by atoms with van der Waals surface area (Å²) in [6, 6.07) is 4.80. The number of rotatable bonds is 12. The summed E-state index contributed by atoms with van der Waals surface area (Å²) in [7, 11) is 3.26. The number of carboxylic acids is 1. The van der Waals surface area contributed by atoms with Crippen LogP contribution in [0.15, 0.2) is 18.2 Å². The second kappa shape index (κ2) is 12.3. The molecule has 7 nitrogen and oxygen atoms in total. The molecule has 1 unspecified atom stereocenters. The lowest BCUT2D eigenvalue weighted by molar-refractivity contribution is -0.130. The molecule has 0 spiro atoms. The van der Waals surface area contributed by atoms with Crippen LogP contribution in [0.3, 0.4) is 0 Å². The lowest BCUT2D eigenvalue weighted by Gasteiger charge is -2.23. The summed E-state index contributed by atoms with van der Waals surface area (Å²) in [4.78, 5) is 30.4. The van der Waals surface area contributed by atoms with E-state index in [1.165, 1.54) is 13.2 Å². The molecule has 1 N–H and O–H groups in total. The van der Waals surface area contributed by atoms with Crippen molar-refractivity contribution in [3.8, 4) is 5.75 Å². The Bertz CT molecular complexity index is 977. The molecule has 0 saturated carbocycles. The summed E-state index contributed by atoms with van der Waals surface area (Å²) >= 11 is 11.0. The van der Waals surface area contributed by atoms with E-state index in [4.69, 9.17) is 16.3 Å². The Morgan fingerprint density at radius 3 is 2.61 bits per heavy atom. The zero-order valence-corrected chi connectivity index (χ0v) is 21.6. The average molecular weight is 496 g/mol. The maximum absolute atomic E-state index is 12.8. The average Bonchev–Trinajstić information content (AvgIpc) is 3.05. The standard InChI is InChI=1S/C24H34ClN3O4S/c1-6-7-8-21-26-22(25)18(14-27(4)23(29)20(33)11-15(2)3)28(21)13-17-10-9-16(24(30)31)12-19(17)32-5/h9-10,12,15,20,33H,6-8,11,13-14H2,1-5H3,(H,30,31). The quantitative estimate of drug-likeness (QED) is 0.407. The van der Waals surface area contributed by atoms with Crippen LogP contribution in [0.4, 0.5) is 0 Å². The van der Waals surface area contributed by atoms with Gasteiger partial charge in [0.15, 0.2) is 5.15 Å². The van der Waals surface area contributed by atoms with E-state index in [-0.39, 0.29) is 16.7 Å². The van der Waals surface area contributed by atoms with Crippen LogP contribution in [0.2, 0.25) is 5.15 Å². The second-order valence-corrected chi connectivity index (χ2v) is 9.61. The first-order chi connectivity index (χ1) is 15.6. The number of carboxylic acid groups (broad SMARTS) is 1. The normalized spacial score (nSPS) is 12.1. The van der Waals surface area contributed by atoms with E-state index in [9.17, 15) is 14.7 Å². The highest BCUT2D eigenvalue weighted by Crippen LogP contribution is 2.27. The van der Waals surface area contributed by atoms with Crippen LogP contribution in [0.25, 0.3) is 0 Å². The number of unbranched alkanes of at least 4 members (excludes halogenated alkanes) is 1. The van der Waals surface area contributed by atoms with E-state index in [1.54, 1.807) is 24.1 Å². The van der Waals surface area contributed by atoms with Crippen LogP contribution in [0.1, 0.15) is 67.5 Å². The van der Waals surface area contributed by atoms with Gasteiger partial charge in [0.1, 0.15) is 11.6 Å². The Morgan fingerprint density at radius 2 is 2.03 bits per heavy atom. The van der Waals surface area contributed by atoms with Crippen molar-refractivity contribution in [1.29, 1.82) is 0 Å². The summed E-state index contributed by atoms with van der Waals surface area (Å²) in [5.41, 5.74) is 1.69. The smallest absolute Gasteiger partial charge is 0.335 e. The topological polar surface area (TPSA) is 84.7 Å². The van der Waals surface area contributed by atoms with Gasteiger partial charge in [0, 0.05) is 19.0 Å². The third kappa shape index (κ3) is 7.14. The van der Waals surface area contributed by atoms with Crippen molar-refractivity contribution >= 4 is 36.1 Å². The number of ether oxygens (including phenoxy) is 1. The highest BCUT2D eigenvalue weighted by molar-refractivity contribution is 7.81. The van der Waals surface area contributed by atoms with Crippen molar-refractivity contribution in [1.82, 2.24) is 14.5 Å². The molecular formula is C24H34ClN3O4S. The van der Waals surface area contributed by atoms with Gasteiger partial charge in [-0.2, -0.15) is 12.6 Å². The molecule has 33 heavy (non-hydrogen) atoms. The van der Waals surface area contributed by atoms with Gasteiger partial charge >= 0.3 is 5.97 Å². The number of hydrogen-bond donors (Lipinski definition) is 2. The molecule has 2 rings (SSSR count). The highest BCUT2D eigenvalue weighted by atomic mass is 35.5. The number of imidazole rings is 1. The fourth-order valence-corrected chi connectivity index (χ4v) is 4.53. The fourth-order valence-electron chi connectivity index (χ4n) is 3.65. The second-order valence-electron chi connectivity index (χ2n) is 8.63. The van der Waals surface area contributed by atoms with E-state index in [1.807, 2.05) is 4.57 Å². The molecule has 1 heterocycles. The summed E-state index contributed by atoms with van der Waals surface area (Å²) in [5, 5.41) is 9.27. The van der Waals surface area contributed by atoms with E-state index in [0.717, 1.165) is 36.3 Å². The summed E-state index contributed by atoms with van der Waals surface area (Å²) in [5.74, 6) is 0.587. The molecule has 1 atom stereocenters. The van der Waals surface area contributed by atoms with E-state index in [2.05, 4.69) is 38.4 Å². The van der Waals surface area contributed by atoms with Crippen molar-refractivity contribution in [2.45, 2.75) is 64.8 Å². The third-order valence-electron chi connectivity index (χ3n) is 5.46. The SMILES string of the molecule is CCCCc1nc(Cl)c(CN(C)C(=O)C(S)CC(C)C)n1Cc1ccc(C(=O)O)cc1OC. The minimum atomic E-state index is -1.02. The molecule has 9 heteroatoms. The third-order valence-corrected chi connectivity index (χ3v) is 6.20. The lowest BCUT2D eigenvalue weighted by atomic mass is 10.1. The minimum Gasteiger partial charge on any atom is -0.496 e. The number of hydrogen-bond acceptors (Lipinski definition) is 5. The Labute approximate surface area is 206 Å². The van der Waals surface area contributed by atoms with Gasteiger partial charge in [-0.3, -0.25) is 4.79 Å². The zero-order chi connectivity index (χ0) is 24.7. The predicted octanol–water partition coefficient (Wildman–Crippen LogP) is 4.94. The van der Waals surface area contributed by atoms with Crippen molar-refractivity contribution in [2.24, 2.45) is 5.92 Å². The largest absolute Gasteiger partial charge is 0.496 e. The summed E-state index contributed by atoms with van der Waals surface area (Å²) in [6.07, 6.45) is 3.38. The first kappa shape index (κ1) is 27.1. The van der Waals surface area contributed by atoms with Gasteiger partial charge in [-0.15, -0.1) is 0 Å². The highest BCUT2D eigenvalue weighted by Gasteiger charge is 2.24. The number of carbonyl (C=O) groups is 2. The first-order valence-electron chi connectivity index (χ1n) is 11.2. The molecule has 0 bridgehead atoms. The Balaban J connectivity index is 2.40. The monoisotopic (exact) mass is 495 g/mol. The number of nitrogens with zero attached hydrogens (tertiary/aromatic N) is 3. The van der Waals surface area contributed by atoms with Crippen LogP contribution in [-0.2, 0) is 24.3 Å². The fraction of sp³-hybridized carbons (Fsp3) is 0.542. The number of methoxy groups -OCH3 is 1. The minimum absolute atomic E-state index is 0.0608. The lowest BCUT2D eigenvalue weighted by Crippen LogP contribution is -2.34. The molecule has 0 radical (unpaired) electrons. The Kier molecular flexibility index (Phi) is 10.1. The zero-order valence-electron chi connectivity index (χ0n) is 20.0. The molecule has 0 saturated heterocycles. The van der Waals surface area contributed by atoms with Crippen molar-refractivity contribution < 1.29 is 19.4 Å². The number of benzene rings is 1. The van der Waals surface area contributed by atoms with Crippen molar-refractivity contribution in [2.75, 3.05) is 14.2 Å². The molecule has 0 aliphatic carbocycles. The summed E-state index contributed by atoms with van der Waals surface area (Å²) < 4.78 is 7.47. The van der Waals surface area contributed by atoms with Crippen LogP contribution < -0.4 is 4.74 Å². The van der Waals surface area contributed by atoms with Gasteiger partial charge in [0.05, 0.1) is 36.7 Å². The van der Waals surface area contributed by atoms with Crippen molar-refractivity contribution in [3.05, 3.63) is 46.0 Å². The molecular weight excluding hydrogens is 462 g/mol. The van der Waals surface area contributed by atoms with Crippen LogP contribution >= 0.6 is 24.2 Å². The van der Waals surface area contributed by atoms with E-state index in [0.29, 0.717) is 36.3 Å². The first-order valence-corrected chi connectivity index (χ1v) is 12.0. The molecule has 182 valence electrons. The number of aromatic carboxylic acids is 1. The molecule has 1 aromatic carbocycles. The molecule has 2 aromatic rings. The van der Waals surface area contributed by atoms with Crippen LogP contribution in [-0.4, -0.2) is 50.8 Å².